The van der Waals surface area contributed by atoms with E-state index in [4.69, 9.17) is 0 Å². The van der Waals surface area contributed by atoms with Crippen molar-refractivity contribution in [2.24, 2.45) is 0 Å². The van der Waals surface area contributed by atoms with Crippen LogP contribution < -0.4 is 5.32 Å². The summed E-state index contributed by atoms with van der Waals surface area (Å²) in [6.45, 7) is 2.13. The normalized spacial score (nSPS) is 12.4. The molecular formula is C15H17NO. The van der Waals surface area contributed by atoms with E-state index in [1.165, 1.54) is 5.56 Å². The molecule has 0 radical (unpaired) electrons. The van der Waals surface area contributed by atoms with Crippen molar-refractivity contribution in [1.82, 2.24) is 5.32 Å². The monoisotopic (exact) mass is 227 g/mol. The summed E-state index contributed by atoms with van der Waals surface area (Å²) < 4.78 is 0. The molecule has 0 bridgehead atoms. The van der Waals surface area contributed by atoms with Crippen LogP contribution in [0.15, 0.2) is 48.5 Å². The Morgan fingerprint density at radius 3 is 1.82 bits per heavy atom. The summed E-state index contributed by atoms with van der Waals surface area (Å²) in [4.78, 5) is 0. The largest absolute Gasteiger partial charge is 0.508 e. The van der Waals surface area contributed by atoms with Crippen molar-refractivity contribution in [2.45, 2.75) is 13.0 Å². The van der Waals surface area contributed by atoms with Crippen molar-refractivity contribution in [1.29, 1.82) is 0 Å². The van der Waals surface area contributed by atoms with Crippen LogP contribution in [-0.2, 0) is 0 Å². The molecular weight excluding hydrogens is 210 g/mol. The highest BCUT2D eigenvalue weighted by molar-refractivity contribution is 5.64. The maximum atomic E-state index is 9.24. The lowest BCUT2D eigenvalue weighted by Gasteiger charge is -2.11. The van der Waals surface area contributed by atoms with Crippen molar-refractivity contribution in [2.75, 3.05) is 7.05 Å². The zero-order chi connectivity index (χ0) is 12.3. The van der Waals surface area contributed by atoms with Gasteiger partial charge in [0.05, 0.1) is 0 Å². The zero-order valence-electron chi connectivity index (χ0n) is 10.1. The summed E-state index contributed by atoms with van der Waals surface area (Å²) >= 11 is 0. The lowest BCUT2D eigenvalue weighted by molar-refractivity contribution is 0.475. The van der Waals surface area contributed by atoms with Gasteiger partial charge in [-0.1, -0.05) is 36.4 Å². The number of benzene rings is 2. The van der Waals surface area contributed by atoms with Crippen molar-refractivity contribution in [3.05, 3.63) is 54.1 Å². The minimum atomic E-state index is 0.300. The molecule has 0 aromatic heterocycles. The SMILES string of the molecule is CNC(C)c1ccc(-c2ccc(O)cc2)cc1. The van der Waals surface area contributed by atoms with E-state index in [9.17, 15) is 5.11 Å². The van der Waals surface area contributed by atoms with Crippen LogP contribution in [0.3, 0.4) is 0 Å². The molecule has 2 N–H and O–H groups in total. The van der Waals surface area contributed by atoms with E-state index in [0.29, 0.717) is 11.8 Å². The molecule has 0 heterocycles. The van der Waals surface area contributed by atoms with Crippen molar-refractivity contribution < 1.29 is 5.11 Å². The van der Waals surface area contributed by atoms with E-state index < -0.39 is 0 Å². The molecule has 0 aliphatic carbocycles. The second-order valence-electron chi connectivity index (χ2n) is 4.18. The Hall–Kier alpha value is -1.80. The van der Waals surface area contributed by atoms with Crippen LogP contribution in [0.2, 0.25) is 0 Å². The summed E-state index contributed by atoms with van der Waals surface area (Å²) in [6.07, 6.45) is 0. The molecule has 0 aliphatic rings. The van der Waals surface area contributed by atoms with Gasteiger partial charge in [0.2, 0.25) is 0 Å². The molecule has 0 fully saturated rings. The fourth-order valence-electron chi connectivity index (χ4n) is 1.78. The Morgan fingerprint density at radius 2 is 1.35 bits per heavy atom. The molecule has 0 amide bonds. The number of hydrogen-bond donors (Lipinski definition) is 2. The Bertz CT molecular complexity index is 473. The number of rotatable bonds is 3. The third-order valence-electron chi connectivity index (χ3n) is 3.04. The van der Waals surface area contributed by atoms with Crippen molar-refractivity contribution in [3.63, 3.8) is 0 Å². The van der Waals surface area contributed by atoms with E-state index in [1.807, 2.05) is 19.2 Å². The maximum absolute atomic E-state index is 9.24. The Kier molecular flexibility index (Phi) is 3.45. The second-order valence-corrected chi connectivity index (χ2v) is 4.18. The van der Waals surface area contributed by atoms with Gasteiger partial charge in [0.15, 0.2) is 0 Å². The number of aromatic hydroxyl groups is 1. The van der Waals surface area contributed by atoms with Gasteiger partial charge in [0.25, 0.3) is 0 Å². The Morgan fingerprint density at radius 1 is 0.882 bits per heavy atom. The predicted octanol–water partition coefficient (Wildman–Crippen LogP) is 3.34. The minimum absolute atomic E-state index is 0.300. The average molecular weight is 227 g/mol. The molecule has 0 saturated heterocycles. The van der Waals surface area contributed by atoms with Crippen LogP contribution in [0, 0.1) is 0 Å². The third kappa shape index (κ3) is 2.66. The number of hydrogen-bond acceptors (Lipinski definition) is 2. The first-order chi connectivity index (χ1) is 8.20. The highest BCUT2D eigenvalue weighted by Gasteiger charge is 2.02. The van der Waals surface area contributed by atoms with Gasteiger partial charge in [-0.3, -0.25) is 0 Å². The van der Waals surface area contributed by atoms with Crippen molar-refractivity contribution >= 4 is 0 Å². The van der Waals surface area contributed by atoms with Gasteiger partial charge in [-0.25, -0.2) is 0 Å². The van der Waals surface area contributed by atoms with Crippen LogP contribution in [0.5, 0.6) is 5.75 Å². The molecule has 0 aliphatic heterocycles. The fourth-order valence-corrected chi connectivity index (χ4v) is 1.78. The Balaban J connectivity index is 2.26. The highest BCUT2D eigenvalue weighted by atomic mass is 16.3. The molecule has 88 valence electrons. The first-order valence-electron chi connectivity index (χ1n) is 5.77. The summed E-state index contributed by atoms with van der Waals surface area (Å²) in [5.74, 6) is 0.300. The smallest absolute Gasteiger partial charge is 0.115 e. The molecule has 0 spiro atoms. The van der Waals surface area contributed by atoms with Gasteiger partial charge in [0, 0.05) is 6.04 Å². The van der Waals surface area contributed by atoms with Crippen LogP contribution in [-0.4, -0.2) is 12.2 Å². The number of phenols is 1. The summed E-state index contributed by atoms with van der Waals surface area (Å²) in [7, 11) is 1.96. The molecule has 2 aromatic carbocycles. The van der Waals surface area contributed by atoms with Gasteiger partial charge in [0.1, 0.15) is 5.75 Å². The first kappa shape index (κ1) is 11.7. The average Bonchev–Trinajstić information content (AvgIpc) is 2.39. The van der Waals surface area contributed by atoms with Crippen molar-refractivity contribution in [3.8, 4) is 16.9 Å². The minimum Gasteiger partial charge on any atom is -0.508 e. The van der Waals surface area contributed by atoms with Gasteiger partial charge in [-0.05, 0) is 42.8 Å². The molecule has 2 rings (SSSR count). The standard InChI is InChI=1S/C15H17NO/c1-11(16-2)12-3-5-13(6-4-12)14-7-9-15(17)10-8-14/h3-11,16-17H,1-2H3. The second kappa shape index (κ2) is 5.02. The van der Waals surface area contributed by atoms with E-state index in [-0.39, 0.29) is 0 Å². The molecule has 17 heavy (non-hydrogen) atoms. The highest BCUT2D eigenvalue weighted by Crippen LogP contribution is 2.23. The summed E-state index contributed by atoms with van der Waals surface area (Å²) in [5.41, 5.74) is 3.55. The molecule has 2 aromatic rings. The molecule has 0 saturated carbocycles. The number of nitrogens with one attached hydrogen (secondary N) is 1. The van der Waals surface area contributed by atoms with Gasteiger partial charge in [-0.15, -0.1) is 0 Å². The van der Waals surface area contributed by atoms with E-state index >= 15 is 0 Å². The van der Waals surface area contributed by atoms with Gasteiger partial charge in [-0.2, -0.15) is 0 Å². The van der Waals surface area contributed by atoms with Crippen LogP contribution >= 0.6 is 0 Å². The predicted molar refractivity (Wildman–Crippen MR) is 71.0 cm³/mol. The topological polar surface area (TPSA) is 32.3 Å². The molecule has 1 unspecified atom stereocenters. The summed E-state index contributed by atoms with van der Waals surface area (Å²) in [6, 6.07) is 16.1. The maximum Gasteiger partial charge on any atom is 0.115 e. The fraction of sp³-hybridized carbons (Fsp3) is 0.200. The van der Waals surface area contributed by atoms with E-state index in [0.717, 1.165) is 11.1 Å². The van der Waals surface area contributed by atoms with Gasteiger partial charge >= 0.3 is 0 Å². The van der Waals surface area contributed by atoms with Gasteiger partial charge < -0.3 is 10.4 Å². The molecule has 2 nitrogen and oxygen atoms in total. The van der Waals surface area contributed by atoms with E-state index in [2.05, 4.69) is 36.5 Å². The molecule has 2 heteroatoms. The van der Waals surface area contributed by atoms with Crippen LogP contribution in [0.25, 0.3) is 11.1 Å². The Labute approximate surface area is 102 Å². The van der Waals surface area contributed by atoms with Crippen LogP contribution in [0.1, 0.15) is 18.5 Å². The quantitative estimate of drug-likeness (QED) is 0.843. The zero-order valence-corrected chi connectivity index (χ0v) is 10.1. The first-order valence-corrected chi connectivity index (χ1v) is 5.77. The number of phenolic OH excluding ortho intramolecular Hbond substituents is 1. The van der Waals surface area contributed by atoms with E-state index in [1.54, 1.807) is 12.1 Å². The lowest BCUT2D eigenvalue weighted by atomic mass is 10.0. The lowest BCUT2D eigenvalue weighted by Crippen LogP contribution is -2.11. The molecule has 1 atom stereocenters. The van der Waals surface area contributed by atoms with Crippen LogP contribution in [0.4, 0.5) is 0 Å². The summed E-state index contributed by atoms with van der Waals surface area (Å²) in [5, 5.41) is 12.5. The third-order valence-corrected chi connectivity index (χ3v) is 3.04.